The third-order valence-corrected chi connectivity index (χ3v) is 2.38. The minimum absolute atomic E-state index is 0.498. The number of methoxy groups -OCH3 is 1. The van der Waals surface area contributed by atoms with Crippen molar-refractivity contribution in [1.82, 2.24) is 4.98 Å². The van der Waals surface area contributed by atoms with E-state index >= 15 is 0 Å². The van der Waals surface area contributed by atoms with Crippen LogP contribution in [0.5, 0.6) is 11.5 Å². The van der Waals surface area contributed by atoms with Crippen LogP contribution in [0.4, 0.5) is 5.69 Å². The van der Waals surface area contributed by atoms with Crippen molar-refractivity contribution < 1.29 is 9.47 Å². The average Bonchev–Trinajstić information content (AvgIpc) is 2.41. The maximum absolute atomic E-state index is 5.68. The van der Waals surface area contributed by atoms with Crippen molar-refractivity contribution >= 4 is 11.4 Å². The number of hydrogen-bond acceptors (Lipinski definition) is 4. The number of hydrogen-bond donors (Lipinski definition) is 1. The van der Waals surface area contributed by atoms with E-state index in [0.29, 0.717) is 28.6 Å². The van der Waals surface area contributed by atoms with Gasteiger partial charge < -0.3 is 15.2 Å². The quantitative estimate of drug-likeness (QED) is 0.661. The molecule has 1 aromatic carbocycles. The SMILES string of the molecule is C=C(OC)c1cc(Oc2ccc(N)cc2)ccn1. The molecule has 0 saturated carbocycles. The van der Waals surface area contributed by atoms with Gasteiger partial charge in [0.2, 0.25) is 0 Å². The maximum atomic E-state index is 5.68. The first kappa shape index (κ1) is 12.0. The van der Waals surface area contributed by atoms with Crippen LogP contribution in [0, 0.1) is 0 Å². The first-order valence-corrected chi connectivity index (χ1v) is 5.42. The van der Waals surface area contributed by atoms with Crippen LogP contribution in [0.15, 0.2) is 49.2 Å². The normalized spacial score (nSPS) is 9.83. The molecule has 0 bridgehead atoms. The molecule has 18 heavy (non-hydrogen) atoms. The Hall–Kier alpha value is -2.49. The molecule has 4 heteroatoms. The minimum atomic E-state index is 0.498. The van der Waals surface area contributed by atoms with Crippen LogP contribution in [0.25, 0.3) is 5.76 Å². The highest BCUT2D eigenvalue weighted by molar-refractivity contribution is 5.55. The van der Waals surface area contributed by atoms with Gasteiger partial charge in [-0.3, -0.25) is 4.98 Å². The highest BCUT2D eigenvalue weighted by Crippen LogP contribution is 2.24. The van der Waals surface area contributed by atoms with E-state index in [4.69, 9.17) is 15.2 Å². The van der Waals surface area contributed by atoms with Gasteiger partial charge in [0.25, 0.3) is 0 Å². The molecule has 2 aromatic rings. The van der Waals surface area contributed by atoms with Gasteiger partial charge in [0, 0.05) is 18.0 Å². The van der Waals surface area contributed by atoms with Crippen LogP contribution in [-0.2, 0) is 4.74 Å². The van der Waals surface area contributed by atoms with E-state index in [1.165, 1.54) is 0 Å². The van der Waals surface area contributed by atoms with Crippen LogP contribution in [0.2, 0.25) is 0 Å². The first-order valence-electron chi connectivity index (χ1n) is 5.42. The van der Waals surface area contributed by atoms with E-state index in [2.05, 4.69) is 11.6 Å². The lowest BCUT2D eigenvalue weighted by Crippen LogP contribution is -1.92. The second-order valence-corrected chi connectivity index (χ2v) is 3.68. The monoisotopic (exact) mass is 242 g/mol. The van der Waals surface area contributed by atoms with Gasteiger partial charge in [0.05, 0.1) is 7.11 Å². The smallest absolute Gasteiger partial charge is 0.137 e. The summed E-state index contributed by atoms with van der Waals surface area (Å²) in [5.41, 5.74) is 6.95. The Kier molecular flexibility index (Phi) is 3.48. The summed E-state index contributed by atoms with van der Waals surface area (Å²) < 4.78 is 10.7. The predicted molar refractivity (Wildman–Crippen MR) is 71.2 cm³/mol. The molecule has 4 nitrogen and oxygen atoms in total. The highest BCUT2D eigenvalue weighted by atomic mass is 16.5. The Bertz CT molecular complexity index is 550. The van der Waals surface area contributed by atoms with Gasteiger partial charge >= 0.3 is 0 Å². The Labute approximate surface area is 106 Å². The molecule has 1 heterocycles. The number of anilines is 1. The standard InChI is InChI=1S/C14H14N2O2/c1-10(17-2)14-9-13(7-8-16-14)18-12-5-3-11(15)4-6-12/h3-9H,1,15H2,2H3. The van der Waals surface area contributed by atoms with Crippen LogP contribution in [0.1, 0.15) is 5.69 Å². The molecule has 0 aliphatic carbocycles. The van der Waals surface area contributed by atoms with E-state index in [1.54, 1.807) is 49.7 Å². The van der Waals surface area contributed by atoms with Crippen molar-refractivity contribution in [3.8, 4) is 11.5 Å². The van der Waals surface area contributed by atoms with Crippen molar-refractivity contribution in [2.45, 2.75) is 0 Å². The molecule has 1 aromatic heterocycles. The van der Waals surface area contributed by atoms with Crippen molar-refractivity contribution in [2.24, 2.45) is 0 Å². The molecule has 0 radical (unpaired) electrons. The molecule has 0 amide bonds. The van der Waals surface area contributed by atoms with Crippen LogP contribution in [0.3, 0.4) is 0 Å². The molecule has 2 N–H and O–H groups in total. The Morgan fingerprint density at radius 2 is 1.89 bits per heavy atom. The zero-order valence-corrected chi connectivity index (χ0v) is 10.1. The lowest BCUT2D eigenvalue weighted by Gasteiger charge is -2.08. The number of ether oxygens (including phenoxy) is 2. The van der Waals surface area contributed by atoms with Crippen molar-refractivity contribution in [3.05, 3.63) is 54.9 Å². The van der Waals surface area contributed by atoms with Crippen LogP contribution < -0.4 is 10.5 Å². The molecule has 0 aliphatic heterocycles. The second kappa shape index (κ2) is 5.23. The zero-order valence-electron chi connectivity index (χ0n) is 10.1. The fourth-order valence-corrected chi connectivity index (χ4v) is 1.40. The van der Waals surface area contributed by atoms with Crippen molar-refractivity contribution in [1.29, 1.82) is 0 Å². The number of rotatable bonds is 4. The molecule has 0 unspecified atom stereocenters. The fraction of sp³-hybridized carbons (Fsp3) is 0.0714. The summed E-state index contributed by atoms with van der Waals surface area (Å²) >= 11 is 0. The number of benzene rings is 1. The van der Waals surface area contributed by atoms with Crippen LogP contribution >= 0.6 is 0 Å². The first-order chi connectivity index (χ1) is 8.69. The summed E-state index contributed by atoms with van der Waals surface area (Å²) in [7, 11) is 1.55. The molecule has 0 aliphatic rings. The Balaban J connectivity index is 2.19. The zero-order chi connectivity index (χ0) is 13.0. The van der Waals surface area contributed by atoms with Gasteiger partial charge in [-0.25, -0.2) is 0 Å². The van der Waals surface area contributed by atoms with Crippen molar-refractivity contribution in [3.63, 3.8) is 0 Å². The molecular formula is C14H14N2O2. The van der Waals surface area contributed by atoms with Gasteiger partial charge in [0.1, 0.15) is 23.0 Å². The lowest BCUT2D eigenvalue weighted by atomic mass is 10.3. The Morgan fingerprint density at radius 3 is 2.56 bits per heavy atom. The van der Waals surface area contributed by atoms with Crippen LogP contribution in [-0.4, -0.2) is 12.1 Å². The largest absolute Gasteiger partial charge is 0.495 e. The molecular weight excluding hydrogens is 228 g/mol. The molecule has 0 fully saturated rings. The predicted octanol–water partition coefficient (Wildman–Crippen LogP) is 3.07. The highest BCUT2D eigenvalue weighted by Gasteiger charge is 2.03. The van der Waals surface area contributed by atoms with Gasteiger partial charge in [0.15, 0.2) is 0 Å². The van der Waals surface area contributed by atoms with E-state index < -0.39 is 0 Å². The maximum Gasteiger partial charge on any atom is 0.137 e. The topological polar surface area (TPSA) is 57.4 Å². The van der Waals surface area contributed by atoms with Gasteiger partial charge in [-0.05, 0) is 30.3 Å². The third kappa shape index (κ3) is 2.79. The van der Waals surface area contributed by atoms with Gasteiger partial charge in [-0.15, -0.1) is 0 Å². The third-order valence-electron chi connectivity index (χ3n) is 2.38. The van der Waals surface area contributed by atoms with E-state index in [1.807, 2.05) is 0 Å². The number of aromatic nitrogens is 1. The number of pyridine rings is 1. The van der Waals surface area contributed by atoms with E-state index in [9.17, 15) is 0 Å². The van der Waals surface area contributed by atoms with Gasteiger partial charge in [-0.2, -0.15) is 0 Å². The molecule has 0 atom stereocenters. The van der Waals surface area contributed by atoms with E-state index in [-0.39, 0.29) is 0 Å². The number of nitrogens with two attached hydrogens (primary N) is 1. The summed E-state index contributed by atoms with van der Waals surface area (Å²) in [6.07, 6.45) is 1.65. The minimum Gasteiger partial charge on any atom is -0.495 e. The fourth-order valence-electron chi connectivity index (χ4n) is 1.40. The summed E-state index contributed by atoms with van der Waals surface area (Å²) in [6, 6.07) is 10.7. The van der Waals surface area contributed by atoms with Crippen molar-refractivity contribution in [2.75, 3.05) is 12.8 Å². The summed E-state index contributed by atoms with van der Waals surface area (Å²) in [5.74, 6) is 1.88. The second-order valence-electron chi connectivity index (χ2n) is 3.68. The summed E-state index contributed by atoms with van der Waals surface area (Å²) in [6.45, 7) is 3.75. The summed E-state index contributed by atoms with van der Waals surface area (Å²) in [4.78, 5) is 4.14. The average molecular weight is 242 g/mol. The van der Waals surface area contributed by atoms with Gasteiger partial charge in [-0.1, -0.05) is 6.58 Å². The molecule has 0 saturated heterocycles. The molecule has 0 spiro atoms. The van der Waals surface area contributed by atoms with E-state index in [0.717, 1.165) is 0 Å². The number of nitrogen functional groups attached to an aromatic ring is 1. The lowest BCUT2D eigenvalue weighted by molar-refractivity contribution is 0.369. The molecule has 2 rings (SSSR count). The summed E-state index contributed by atoms with van der Waals surface area (Å²) in [5, 5.41) is 0. The Morgan fingerprint density at radius 1 is 1.17 bits per heavy atom. The molecule has 92 valence electrons. The number of nitrogens with zero attached hydrogens (tertiary/aromatic N) is 1.